The molecule has 5 heteroatoms. The van der Waals surface area contributed by atoms with E-state index in [1.165, 1.54) is 0 Å². The predicted molar refractivity (Wildman–Crippen MR) is 135 cm³/mol. The van der Waals surface area contributed by atoms with Crippen molar-refractivity contribution in [1.82, 2.24) is 4.90 Å². The Kier molecular flexibility index (Phi) is 7.33. The van der Waals surface area contributed by atoms with Crippen LogP contribution in [-0.2, 0) is 4.79 Å². The highest BCUT2D eigenvalue weighted by Gasteiger charge is 2.34. The third kappa shape index (κ3) is 4.85. The van der Waals surface area contributed by atoms with Crippen LogP contribution < -0.4 is 9.47 Å². The van der Waals surface area contributed by atoms with Crippen LogP contribution >= 0.6 is 0 Å². The van der Waals surface area contributed by atoms with E-state index >= 15 is 0 Å². The molecule has 1 atom stereocenters. The van der Waals surface area contributed by atoms with Crippen LogP contribution in [0.3, 0.4) is 0 Å². The molecule has 0 saturated heterocycles. The van der Waals surface area contributed by atoms with Crippen LogP contribution in [0.15, 0.2) is 72.8 Å². The Balaban J connectivity index is 1.54. The molecule has 3 aromatic carbocycles. The lowest BCUT2D eigenvalue weighted by Gasteiger charge is -2.31. The van der Waals surface area contributed by atoms with Gasteiger partial charge in [-0.3, -0.25) is 4.79 Å². The van der Waals surface area contributed by atoms with Crippen LogP contribution in [0.5, 0.6) is 11.5 Å². The lowest BCUT2D eigenvalue weighted by Crippen LogP contribution is -2.40. The molecule has 0 bridgehead atoms. The SMILES string of the molecule is C/C=C/c1ccc(OCC)c(OCC(O)CN(C(C)=O)C2c3ccccc3-c3ccccc32)c1. The van der Waals surface area contributed by atoms with Crippen molar-refractivity contribution in [2.45, 2.75) is 32.9 Å². The molecule has 0 spiro atoms. The Bertz CT molecular complexity index is 1140. The molecular formula is C29H31NO4. The first-order chi connectivity index (χ1) is 16.5. The first kappa shape index (κ1) is 23.6. The summed E-state index contributed by atoms with van der Waals surface area (Å²) in [5, 5.41) is 10.9. The van der Waals surface area contributed by atoms with Crippen molar-refractivity contribution in [2.75, 3.05) is 19.8 Å². The summed E-state index contributed by atoms with van der Waals surface area (Å²) in [7, 11) is 0. The van der Waals surface area contributed by atoms with Crippen LogP contribution in [0, 0.1) is 0 Å². The summed E-state index contributed by atoms with van der Waals surface area (Å²) < 4.78 is 11.7. The lowest BCUT2D eigenvalue weighted by atomic mass is 10.0. The normalized spacial score (nSPS) is 13.4. The smallest absolute Gasteiger partial charge is 0.220 e. The summed E-state index contributed by atoms with van der Waals surface area (Å²) in [6.07, 6.45) is 3.06. The summed E-state index contributed by atoms with van der Waals surface area (Å²) in [6.45, 7) is 6.13. The minimum Gasteiger partial charge on any atom is -0.490 e. The standard InChI is InChI=1S/C29H31NO4/c1-4-10-21-15-16-27(33-5-2)28(17-21)34-19-22(32)18-30(20(3)31)29-25-13-8-6-11-23(25)24-12-7-9-14-26(24)29/h4,6-17,22,29,32H,5,18-19H2,1-3H3/b10-4+. The maximum atomic E-state index is 12.8. The van der Waals surface area contributed by atoms with Crippen molar-refractivity contribution in [3.8, 4) is 22.6 Å². The van der Waals surface area contributed by atoms with Gasteiger partial charge in [-0.05, 0) is 53.8 Å². The molecule has 1 aliphatic carbocycles. The van der Waals surface area contributed by atoms with Crippen molar-refractivity contribution in [2.24, 2.45) is 0 Å². The molecule has 0 saturated carbocycles. The summed E-state index contributed by atoms with van der Waals surface area (Å²) >= 11 is 0. The highest BCUT2D eigenvalue weighted by atomic mass is 16.5. The van der Waals surface area contributed by atoms with Crippen molar-refractivity contribution in [1.29, 1.82) is 0 Å². The van der Waals surface area contributed by atoms with Gasteiger partial charge >= 0.3 is 0 Å². The van der Waals surface area contributed by atoms with Crippen LogP contribution in [0.2, 0.25) is 0 Å². The number of allylic oxidation sites excluding steroid dienone is 1. The molecule has 1 N–H and O–H groups in total. The van der Waals surface area contributed by atoms with Crippen LogP contribution in [0.4, 0.5) is 0 Å². The summed E-state index contributed by atoms with van der Waals surface area (Å²) in [6, 6.07) is 21.8. The van der Waals surface area contributed by atoms with Crippen molar-refractivity contribution < 1.29 is 19.4 Å². The van der Waals surface area contributed by atoms with Gasteiger partial charge < -0.3 is 19.5 Å². The molecule has 0 aromatic heterocycles. The van der Waals surface area contributed by atoms with E-state index in [-0.39, 0.29) is 25.1 Å². The van der Waals surface area contributed by atoms with E-state index in [1.807, 2.05) is 68.5 Å². The van der Waals surface area contributed by atoms with Gasteiger partial charge in [0.2, 0.25) is 5.91 Å². The molecule has 5 nitrogen and oxygen atoms in total. The molecular weight excluding hydrogens is 426 g/mol. The molecule has 0 aliphatic heterocycles. The van der Waals surface area contributed by atoms with Crippen LogP contribution in [-0.4, -0.2) is 41.8 Å². The van der Waals surface area contributed by atoms with Gasteiger partial charge in [-0.15, -0.1) is 0 Å². The van der Waals surface area contributed by atoms with Gasteiger partial charge in [0.15, 0.2) is 11.5 Å². The maximum absolute atomic E-state index is 12.8. The molecule has 0 fully saturated rings. The number of amides is 1. The topological polar surface area (TPSA) is 59.0 Å². The fraction of sp³-hybridized carbons (Fsp3) is 0.276. The molecule has 0 heterocycles. The molecule has 4 rings (SSSR count). The molecule has 1 amide bonds. The maximum Gasteiger partial charge on any atom is 0.220 e. The van der Waals surface area contributed by atoms with Gasteiger partial charge in [0.1, 0.15) is 12.7 Å². The molecule has 176 valence electrons. The van der Waals surface area contributed by atoms with Gasteiger partial charge in [0.25, 0.3) is 0 Å². The Morgan fingerprint density at radius 1 is 1.00 bits per heavy atom. The zero-order valence-corrected chi connectivity index (χ0v) is 19.9. The average molecular weight is 458 g/mol. The van der Waals surface area contributed by atoms with E-state index in [9.17, 15) is 9.90 Å². The average Bonchev–Trinajstić information content (AvgIpc) is 3.17. The first-order valence-corrected chi connectivity index (χ1v) is 11.7. The second kappa shape index (κ2) is 10.6. The molecule has 1 unspecified atom stereocenters. The zero-order chi connectivity index (χ0) is 24.1. The largest absolute Gasteiger partial charge is 0.490 e. The Morgan fingerprint density at radius 3 is 2.24 bits per heavy atom. The number of benzene rings is 3. The van der Waals surface area contributed by atoms with E-state index in [1.54, 1.807) is 11.8 Å². The fourth-order valence-corrected chi connectivity index (χ4v) is 4.55. The quantitative estimate of drug-likeness (QED) is 0.462. The Morgan fingerprint density at radius 2 is 1.65 bits per heavy atom. The summed E-state index contributed by atoms with van der Waals surface area (Å²) in [5.41, 5.74) is 5.39. The Hall–Kier alpha value is -3.57. The molecule has 1 aliphatic rings. The number of ether oxygens (including phenoxy) is 2. The first-order valence-electron chi connectivity index (χ1n) is 11.7. The molecule has 34 heavy (non-hydrogen) atoms. The Labute approximate surface area is 201 Å². The number of hydrogen-bond acceptors (Lipinski definition) is 4. The third-order valence-corrected chi connectivity index (χ3v) is 5.98. The minimum atomic E-state index is -0.872. The van der Waals surface area contributed by atoms with Crippen LogP contribution in [0.25, 0.3) is 17.2 Å². The second-order valence-corrected chi connectivity index (χ2v) is 8.35. The monoisotopic (exact) mass is 457 g/mol. The zero-order valence-electron chi connectivity index (χ0n) is 19.9. The van der Waals surface area contributed by atoms with E-state index in [0.717, 1.165) is 27.8 Å². The van der Waals surface area contributed by atoms with Gasteiger partial charge in [-0.2, -0.15) is 0 Å². The van der Waals surface area contributed by atoms with Gasteiger partial charge in [0, 0.05) is 6.92 Å². The number of aliphatic hydroxyl groups is 1. The lowest BCUT2D eigenvalue weighted by molar-refractivity contribution is -0.132. The van der Waals surface area contributed by atoms with E-state index in [4.69, 9.17) is 9.47 Å². The molecule has 0 radical (unpaired) electrons. The third-order valence-electron chi connectivity index (χ3n) is 5.98. The number of nitrogens with zero attached hydrogens (tertiary/aromatic N) is 1. The fourth-order valence-electron chi connectivity index (χ4n) is 4.55. The van der Waals surface area contributed by atoms with Crippen LogP contribution in [0.1, 0.15) is 43.5 Å². The van der Waals surface area contributed by atoms with E-state index < -0.39 is 6.10 Å². The number of fused-ring (bicyclic) bond motifs is 3. The van der Waals surface area contributed by atoms with Gasteiger partial charge in [-0.25, -0.2) is 0 Å². The summed E-state index contributed by atoms with van der Waals surface area (Å²) in [5.74, 6) is 1.10. The van der Waals surface area contributed by atoms with Crippen molar-refractivity contribution in [3.63, 3.8) is 0 Å². The van der Waals surface area contributed by atoms with Crippen molar-refractivity contribution in [3.05, 3.63) is 89.5 Å². The predicted octanol–water partition coefficient (Wildman–Crippen LogP) is 5.48. The van der Waals surface area contributed by atoms with Gasteiger partial charge in [-0.1, -0.05) is 66.7 Å². The number of aliphatic hydroxyl groups excluding tert-OH is 1. The highest BCUT2D eigenvalue weighted by Crippen LogP contribution is 2.46. The summed E-state index contributed by atoms with van der Waals surface area (Å²) in [4.78, 5) is 14.5. The van der Waals surface area contributed by atoms with Crippen molar-refractivity contribution >= 4 is 12.0 Å². The second-order valence-electron chi connectivity index (χ2n) is 8.35. The van der Waals surface area contributed by atoms with E-state index in [2.05, 4.69) is 24.3 Å². The minimum absolute atomic E-state index is 0.0408. The number of carbonyl (C=O) groups excluding carboxylic acids is 1. The number of carbonyl (C=O) groups is 1. The molecule has 3 aromatic rings. The van der Waals surface area contributed by atoms with E-state index in [0.29, 0.717) is 18.1 Å². The number of rotatable bonds is 9. The van der Waals surface area contributed by atoms with Gasteiger partial charge in [0.05, 0.1) is 19.2 Å². The highest BCUT2D eigenvalue weighted by molar-refractivity contribution is 5.82. The number of hydrogen-bond donors (Lipinski definition) is 1.